The molecular formula is C64H42N2O. The minimum Gasteiger partial charge on any atom is -0.454 e. The van der Waals surface area contributed by atoms with Crippen LogP contribution in [0.15, 0.2) is 259 Å². The van der Waals surface area contributed by atoms with Crippen molar-refractivity contribution >= 4 is 71.6 Å². The number of furan rings is 1. The van der Waals surface area contributed by atoms with Crippen molar-refractivity contribution in [2.24, 2.45) is 0 Å². The van der Waals surface area contributed by atoms with Crippen LogP contribution in [0.1, 0.15) is 0 Å². The molecule has 0 amide bonds. The third-order valence-electron chi connectivity index (χ3n) is 13.4. The summed E-state index contributed by atoms with van der Waals surface area (Å²) in [4.78, 5) is 2.32. The fourth-order valence-electron chi connectivity index (χ4n) is 10.1. The highest BCUT2D eigenvalue weighted by Crippen LogP contribution is 2.44. The molecule has 0 fully saturated rings. The number of anilines is 3. The number of hydrogen-bond donors (Lipinski definition) is 0. The van der Waals surface area contributed by atoms with Crippen LogP contribution < -0.4 is 4.90 Å². The number of aromatic nitrogens is 1. The molecule has 314 valence electrons. The Bertz CT molecular complexity index is 3920. The van der Waals surface area contributed by atoms with Crippen molar-refractivity contribution in [3.05, 3.63) is 255 Å². The van der Waals surface area contributed by atoms with E-state index in [4.69, 9.17) is 4.42 Å². The second-order valence-corrected chi connectivity index (χ2v) is 17.3. The predicted molar refractivity (Wildman–Crippen MR) is 282 cm³/mol. The summed E-state index contributed by atoms with van der Waals surface area (Å²) in [7, 11) is 0. The molecule has 0 N–H and O–H groups in total. The first-order valence-electron chi connectivity index (χ1n) is 22.9. The van der Waals surface area contributed by atoms with Crippen molar-refractivity contribution < 1.29 is 4.42 Å². The van der Waals surface area contributed by atoms with Crippen molar-refractivity contribution in [2.45, 2.75) is 0 Å². The Morgan fingerprint density at radius 1 is 0.313 bits per heavy atom. The lowest BCUT2D eigenvalue weighted by Gasteiger charge is -2.26. The van der Waals surface area contributed by atoms with Crippen molar-refractivity contribution in [3.63, 3.8) is 0 Å². The normalized spacial score (nSPS) is 11.6. The largest absolute Gasteiger partial charge is 0.454 e. The van der Waals surface area contributed by atoms with Gasteiger partial charge in [0, 0.05) is 38.5 Å². The third kappa shape index (κ3) is 6.67. The van der Waals surface area contributed by atoms with Gasteiger partial charge in [-0.15, -0.1) is 0 Å². The average molecular weight is 855 g/mol. The molecule has 11 aromatic carbocycles. The second-order valence-electron chi connectivity index (χ2n) is 17.3. The van der Waals surface area contributed by atoms with Crippen LogP contribution in [0.3, 0.4) is 0 Å². The topological polar surface area (TPSA) is 21.3 Å². The Kier molecular flexibility index (Phi) is 9.17. The summed E-state index contributed by atoms with van der Waals surface area (Å²) in [5, 5.41) is 7.21. The Hall–Kier alpha value is -8.92. The van der Waals surface area contributed by atoms with Gasteiger partial charge in [0.1, 0.15) is 5.58 Å². The van der Waals surface area contributed by atoms with Gasteiger partial charge in [0.25, 0.3) is 0 Å². The molecule has 0 spiro atoms. The highest BCUT2D eigenvalue weighted by Gasteiger charge is 2.21. The Balaban J connectivity index is 0.859. The smallest absolute Gasteiger partial charge is 0.159 e. The van der Waals surface area contributed by atoms with E-state index in [9.17, 15) is 0 Å². The zero-order valence-corrected chi connectivity index (χ0v) is 36.6. The molecule has 13 aromatic rings. The average Bonchev–Trinajstić information content (AvgIpc) is 3.96. The van der Waals surface area contributed by atoms with Crippen LogP contribution >= 0.6 is 0 Å². The molecule has 0 saturated carbocycles. The van der Waals surface area contributed by atoms with E-state index >= 15 is 0 Å². The van der Waals surface area contributed by atoms with Gasteiger partial charge in [0.15, 0.2) is 5.58 Å². The van der Waals surface area contributed by atoms with Gasteiger partial charge < -0.3 is 13.9 Å². The Labute approximate surface area is 388 Å². The molecule has 2 heterocycles. The molecule has 0 bridgehead atoms. The second kappa shape index (κ2) is 16.0. The molecule has 0 aliphatic carbocycles. The minimum atomic E-state index is 0.855. The monoisotopic (exact) mass is 854 g/mol. The highest BCUT2D eigenvalue weighted by molar-refractivity contribution is 6.11. The lowest BCUT2D eigenvalue weighted by atomic mass is 9.96. The van der Waals surface area contributed by atoms with Gasteiger partial charge in [-0.3, -0.25) is 0 Å². The van der Waals surface area contributed by atoms with Gasteiger partial charge >= 0.3 is 0 Å². The molecule has 0 saturated heterocycles. The molecule has 0 aliphatic rings. The van der Waals surface area contributed by atoms with Gasteiger partial charge in [-0.2, -0.15) is 0 Å². The number of hydrogen-bond acceptors (Lipinski definition) is 2. The van der Waals surface area contributed by atoms with Crippen LogP contribution in [0, 0.1) is 0 Å². The summed E-state index contributed by atoms with van der Waals surface area (Å²) in [5.74, 6) is 0. The molecule has 0 radical (unpaired) electrons. The third-order valence-corrected chi connectivity index (χ3v) is 13.4. The lowest BCUT2D eigenvalue weighted by Crippen LogP contribution is -2.10. The molecule has 2 aromatic heterocycles. The summed E-state index contributed by atoms with van der Waals surface area (Å²) in [6.07, 6.45) is 0. The predicted octanol–water partition coefficient (Wildman–Crippen LogP) is 18.0. The van der Waals surface area contributed by atoms with E-state index in [0.717, 1.165) is 61.4 Å². The molecular weight excluding hydrogens is 813 g/mol. The van der Waals surface area contributed by atoms with E-state index < -0.39 is 0 Å². The van der Waals surface area contributed by atoms with Crippen LogP contribution in [0.2, 0.25) is 0 Å². The first-order chi connectivity index (χ1) is 33.2. The van der Waals surface area contributed by atoms with E-state index in [1.165, 1.54) is 60.4 Å². The summed E-state index contributed by atoms with van der Waals surface area (Å²) in [6.45, 7) is 0. The molecule has 67 heavy (non-hydrogen) atoms. The lowest BCUT2D eigenvalue weighted by molar-refractivity contribution is 0.669. The summed E-state index contributed by atoms with van der Waals surface area (Å²) in [5.41, 5.74) is 17.8. The SMILES string of the molecule is c1cc(-c2ccc(-c3ccc(N(c4ccc(-c5ccccc5-n5c6ccccc6c6ccccc65)cc4)c4cccc5c4oc4ccccc45)cc3)cc2)cc(-c2ccc3ccccc3c2)c1. The summed E-state index contributed by atoms with van der Waals surface area (Å²) in [6, 6.07) is 91.8. The Morgan fingerprint density at radius 3 is 1.52 bits per heavy atom. The Morgan fingerprint density at radius 2 is 0.806 bits per heavy atom. The minimum absolute atomic E-state index is 0.855. The van der Waals surface area contributed by atoms with Crippen molar-refractivity contribution in [1.82, 2.24) is 4.57 Å². The number of fused-ring (bicyclic) bond motifs is 7. The molecule has 3 heteroatoms. The molecule has 13 rings (SSSR count). The van der Waals surface area contributed by atoms with Gasteiger partial charge in [-0.25, -0.2) is 0 Å². The van der Waals surface area contributed by atoms with E-state index in [1.807, 2.05) is 6.07 Å². The van der Waals surface area contributed by atoms with Crippen LogP contribution in [-0.2, 0) is 0 Å². The fraction of sp³-hybridized carbons (Fsp3) is 0. The number of para-hydroxylation sites is 5. The number of nitrogens with zero attached hydrogens (tertiary/aromatic N) is 2. The number of rotatable bonds is 8. The maximum Gasteiger partial charge on any atom is 0.159 e. The van der Waals surface area contributed by atoms with Crippen LogP contribution in [-0.4, -0.2) is 4.57 Å². The van der Waals surface area contributed by atoms with E-state index in [2.05, 4.69) is 258 Å². The van der Waals surface area contributed by atoms with Crippen molar-refractivity contribution in [2.75, 3.05) is 4.90 Å². The van der Waals surface area contributed by atoms with Crippen molar-refractivity contribution in [1.29, 1.82) is 0 Å². The molecule has 0 aliphatic heterocycles. The zero-order valence-electron chi connectivity index (χ0n) is 36.6. The van der Waals surface area contributed by atoms with E-state index in [-0.39, 0.29) is 0 Å². The van der Waals surface area contributed by atoms with Crippen LogP contribution in [0.5, 0.6) is 0 Å². The fourth-order valence-corrected chi connectivity index (χ4v) is 10.1. The quantitative estimate of drug-likeness (QED) is 0.152. The molecule has 0 atom stereocenters. The maximum atomic E-state index is 6.67. The molecule has 3 nitrogen and oxygen atoms in total. The van der Waals surface area contributed by atoms with Gasteiger partial charge in [0.05, 0.1) is 22.4 Å². The first kappa shape index (κ1) is 38.5. The van der Waals surface area contributed by atoms with E-state index in [0.29, 0.717) is 0 Å². The van der Waals surface area contributed by atoms with Gasteiger partial charge in [0.2, 0.25) is 0 Å². The molecule has 0 unspecified atom stereocenters. The van der Waals surface area contributed by atoms with Crippen LogP contribution in [0.4, 0.5) is 17.1 Å². The van der Waals surface area contributed by atoms with Crippen molar-refractivity contribution in [3.8, 4) is 50.2 Å². The van der Waals surface area contributed by atoms with E-state index in [1.54, 1.807) is 0 Å². The van der Waals surface area contributed by atoms with Gasteiger partial charge in [-0.05, 0) is 116 Å². The maximum absolute atomic E-state index is 6.67. The zero-order chi connectivity index (χ0) is 44.3. The first-order valence-corrected chi connectivity index (χ1v) is 22.9. The summed E-state index contributed by atoms with van der Waals surface area (Å²) >= 11 is 0. The number of benzene rings is 11. The summed E-state index contributed by atoms with van der Waals surface area (Å²) < 4.78 is 9.08. The van der Waals surface area contributed by atoms with Crippen LogP contribution in [0.25, 0.3) is 105 Å². The van der Waals surface area contributed by atoms with Gasteiger partial charge in [-0.1, -0.05) is 188 Å². The highest BCUT2D eigenvalue weighted by atomic mass is 16.3. The standard InChI is InChI=1S/C64H42N2O/c1-2-14-48-42-51(32-31-43(48)13-1)50-16-11-15-49(41-50)46-29-27-44(28-30-46)45-33-37-52(38-34-45)65(62-25-12-21-58-57-20-6-10-26-63(57)67-64(58)62)53-39-35-47(36-40-53)54-17-3-7-22-59(54)66-60-23-8-4-18-55(60)56-19-5-9-24-61(56)66/h1-42H.